The van der Waals surface area contributed by atoms with E-state index in [-0.39, 0.29) is 23.8 Å². The number of nitrogens with one attached hydrogen (secondary N) is 3. The van der Waals surface area contributed by atoms with E-state index in [4.69, 9.17) is 15.5 Å². The van der Waals surface area contributed by atoms with Crippen molar-refractivity contribution in [3.63, 3.8) is 0 Å². The number of amidine groups is 1. The molecule has 0 bridgehead atoms. The standard InChI is InChI=1S/C26H28FN7O2/c27-18-5-1-4-17(12-18)22-7-3-11-34(22)23(28)9-10-24-29-13-21(31-24)20-6-2-8-25(32-20)33-14-19(15-33)30-26(36)16-35/h1-2,4-6,8-10,12-13,19,22,28,35H,3,7,11,14-16H2,(H,29,31)(H,30,36)/b10-9-,28-23?/t22-/m1/s1. The van der Waals surface area contributed by atoms with Gasteiger partial charge in [0.15, 0.2) is 0 Å². The SMILES string of the molecule is N=C(/C=C\c1ncc(-c2cccc(N3CC(NC(=O)CO)C3)n2)[nH]1)N1CCC[C@@H]1c1cccc(F)c1. The van der Waals surface area contributed by atoms with Crippen molar-refractivity contribution >= 4 is 23.6 Å². The van der Waals surface area contributed by atoms with E-state index in [1.165, 1.54) is 6.07 Å². The van der Waals surface area contributed by atoms with Gasteiger partial charge in [-0.3, -0.25) is 10.2 Å². The highest BCUT2D eigenvalue weighted by Gasteiger charge is 2.29. The molecule has 1 amide bonds. The molecule has 2 fully saturated rings. The zero-order valence-electron chi connectivity index (χ0n) is 19.7. The van der Waals surface area contributed by atoms with Crippen molar-refractivity contribution in [2.75, 3.05) is 31.1 Å². The van der Waals surface area contributed by atoms with Crippen LogP contribution in [0, 0.1) is 11.2 Å². The average Bonchev–Trinajstić information content (AvgIpc) is 3.54. The van der Waals surface area contributed by atoms with E-state index in [2.05, 4.69) is 20.2 Å². The summed E-state index contributed by atoms with van der Waals surface area (Å²) in [6, 6.07) is 12.3. The summed E-state index contributed by atoms with van der Waals surface area (Å²) in [4.78, 5) is 27.7. The molecular weight excluding hydrogens is 461 g/mol. The van der Waals surface area contributed by atoms with Crippen LogP contribution in [0.15, 0.2) is 54.7 Å². The highest BCUT2D eigenvalue weighted by molar-refractivity contribution is 5.94. The molecular formula is C26H28FN7O2. The van der Waals surface area contributed by atoms with E-state index < -0.39 is 6.61 Å². The van der Waals surface area contributed by atoms with Crippen LogP contribution in [0.2, 0.25) is 0 Å². The van der Waals surface area contributed by atoms with Gasteiger partial charge in [0.25, 0.3) is 0 Å². The number of carbonyl (C=O) groups is 1. The zero-order valence-corrected chi connectivity index (χ0v) is 19.7. The molecule has 2 aliphatic heterocycles. The number of benzene rings is 1. The number of aromatic amines is 1. The second-order valence-electron chi connectivity index (χ2n) is 9.02. The Kier molecular flexibility index (Phi) is 6.77. The highest BCUT2D eigenvalue weighted by atomic mass is 19.1. The molecule has 36 heavy (non-hydrogen) atoms. The second-order valence-corrected chi connectivity index (χ2v) is 9.02. The van der Waals surface area contributed by atoms with Crippen molar-refractivity contribution in [2.24, 2.45) is 0 Å². The molecule has 186 valence electrons. The summed E-state index contributed by atoms with van der Waals surface area (Å²) in [6.07, 6.45) is 7.03. The molecule has 2 aliphatic rings. The highest BCUT2D eigenvalue weighted by Crippen LogP contribution is 2.32. The maximum atomic E-state index is 13.7. The van der Waals surface area contributed by atoms with E-state index in [9.17, 15) is 9.18 Å². The Labute approximate surface area is 208 Å². The van der Waals surface area contributed by atoms with Gasteiger partial charge in [-0.1, -0.05) is 18.2 Å². The first kappa shape index (κ1) is 23.7. The number of aliphatic hydroxyl groups excluding tert-OH is 1. The normalized spacial score (nSPS) is 18.0. The van der Waals surface area contributed by atoms with Crippen LogP contribution in [0.4, 0.5) is 10.2 Å². The first-order valence-corrected chi connectivity index (χ1v) is 12.0. The Morgan fingerprint density at radius 2 is 2.11 bits per heavy atom. The number of halogens is 1. The molecule has 0 aliphatic carbocycles. The van der Waals surface area contributed by atoms with Crippen LogP contribution in [0.5, 0.6) is 0 Å². The lowest BCUT2D eigenvalue weighted by atomic mass is 10.0. The van der Waals surface area contributed by atoms with Crippen molar-refractivity contribution in [1.82, 2.24) is 25.2 Å². The molecule has 2 saturated heterocycles. The number of H-pyrrole nitrogens is 1. The molecule has 2 aromatic heterocycles. The van der Waals surface area contributed by atoms with Gasteiger partial charge in [0.05, 0.1) is 29.7 Å². The number of hydrogen-bond acceptors (Lipinski definition) is 6. The molecule has 3 aromatic rings. The molecule has 0 spiro atoms. The van der Waals surface area contributed by atoms with E-state index in [0.717, 1.165) is 42.2 Å². The van der Waals surface area contributed by atoms with Crippen molar-refractivity contribution in [1.29, 1.82) is 5.41 Å². The number of rotatable bonds is 7. The number of aliphatic hydroxyl groups is 1. The maximum absolute atomic E-state index is 13.7. The van der Waals surface area contributed by atoms with E-state index in [0.29, 0.717) is 24.7 Å². The topological polar surface area (TPSA) is 121 Å². The van der Waals surface area contributed by atoms with Crippen LogP contribution in [0.25, 0.3) is 17.5 Å². The fourth-order valence-electron chi connectivity index (χ4n) is 4.70. The van der Waals surface area contributed by atoms with Crippen LogP contribution in [0.3, 0.4) is 0 Å². The average molecular weight is 490 g/mol. The van der Waals surface area contributed by atoms with Gasteiger partial charge < -0.3 is 25.2 Å². The quantitative estimate of drug-likeness (QED) is 0.299. The minimum atomic E-state index is -0.508. The lowest BCUT2D eigenvalue weighted by Crippen LogP contribution is -2.60. The lowest BCUT2D eigenvalue weighted by molar-refractivity contribution is -0.124. The largest absolute Gasteiger partial charge is 0.387 e. The molecule has 5 rings (SSSR count). The summed E-state index contributed by atoms with van der Waals surface area (Å²) >= 11 is 0. The molecule has 0 saturated carbocycles. The van der Waals surface area contributed by atoms with Crippen LogP contribution >= 0.6 is 0 Å². The number of anilines is 1. The van der Waals surface area contributed by atoms with Crippen LogP contribution < -0.4 is 10.2 Å². The number of amides is 1. The predicted molar refractivity (Wildman–Crippen MR) is 135 cm³/mol. The van der Waals surface area contributed by atoms with E-state index in [1.807, 2.05) is 29.2 Å². The van der Waals surface area contributed by atoms with Crippen LogP contribution in [-0.4, -0.2) is 69.0 Å². The van der Waals surface area contributed by atoms with E-state index in [1.54, 1.807) is 30.5 Å². The van der Waals surface area contributed by atoms with Crippen LogP contribution in [-0.2, 0) is 4.79 Å². The molecule has 0 radical (unpaired) electrons. The first-order valence-electron chi connectivity index (χ1n) is 12.0. The van der Waals surface area contributed by atoms with Crippen LogP contribution in [0.1, 0.15) is 30.3 Å². The summed E-state index contributed by atoms with van der Waals surface area (Å²) in [5, 5.41) is 20.2. The number of hydrogen-bond donors (Lipinski definition) is 4. The van der Waals surface area contributed by atoms with Crippen molar-refractivity contribution < 1.29 is 14.3 Å². The summed E-state index contributed by atoms with van der Waals surface area (Å²) < 4.78 is 13.7. The number of imidazole rings is 1. The molecule has 0 unspecified atom stereocenters. The van der Waals surface area contributed by atoms with Gasteiger partial charge in [-0.2, -0.15) is 0 Å². The number of nitrogens with zero attached hydrogens (tertiary/aromatic N) is 4. The molecule has 1 atom stereocenters. The molecule has 9 nitrogen and oxygen atoms in total. The minimum Gasteiger partial charge on any atom is -0.387 e. The van der Waals surface area contributed by atoms with Gasteiger partial charge in [0, 0.05) is 19.6 Å². The summed E-state index contributed by atoms with van der Waals surface area (Å²) in [5.41, 5.74) is 2.39. The smallest absolute Gasteiger partial charge is 0.246 e. The number of likely N-dealkylation sites (tertiary alicyclic amines) is 1. The van der Waals surface area contributed by atoms with Gasteiger partial charge in [-0.15, -0.1) is 0 Å². The molecule has 1 aromatic carbocycles. The number of aromatic nitrogens is 3. The van der Waals surface area contributed by atoms with Crippen molar-refractivity contribution in [2.45, 2.75) is 24.9 Å². The Morgan fingerprint density at radius 1 is 1.28 bits per heavy atom. The Morgan fingerprint density at radius 3 is 2.92 bits per heavy atom. The minimum absolute atomic E-state index is 0.00462. The summed E-state index contributed by atoms with van der Waals surface area (Å²) in [6.45, 7) is 1.51. The molecule has 4 heterocycles. The zero-order chi connectivity index (χ0) is 25.1. The summed E-state index contributed by atoms with van der Waals surface area (Å²) in [7, 11) is 0. The molecule has 10 heteroatoms. The Bertz CT molecular complexity index is 1280. The monoisotopic (exact) mass is 489 g/mol. The Balaban J connectivity index is 1.22. The van der Waals surface area contributed by atoms with E-state index >= 15 is 0 Å². The second kappa shape index (κ2) is 10.3. The van der Waals surface area contributed by atoms with Gasteiger partial charge in [-0.05, 0) is 54.8 Å². The third kappa shape index (κ3) is 5.13. The van der Waals surface area contributed by atoms with Gasteiger partial charge in [0.2, 0.25) is 5.91 Å². The number of carbonyl (C=O) groups excluding carboxylic acids is 1. The summed E-state index contributed by atoms with van der Waals surface area (Å²) in [5.74, 6) is 1.14. The van der Waals surface area contributed by atoms with Crippen molar-refractivity contribution in [3.05, 3.63) is 71.9 Å². The number of pyridine rings is 1. The third-order valence-electron chi connectivity index (χ3n) is 6.51. The fraction of sp³-hybridized carbons (Fsp3) is 0.308. The fourth-order valence-corrected chi connectivity index (χ4v) is 4.70. The predicted octanol–water partition coefficient (Wildman–Crippen LogP) is 2.74. The third-order valence-corrected chi connectivity index (χ3v) is 6.51. The van der Waals surface area contributed by atoms with Gasteiger partial charge >= 0.3 is 0 Å². The first-order chi connectivity index (χ1) is 17.5. The van der Waals surface area contributed by atoms with Gasteiger partial charge in [-0.25, -0.2) is 14.4 Å². The lowest BCUT2D eigenvalue weighted by Gasteiger charge is -2.40. The maximum Gasteiger partial charge on any atom is 0.246 e. The van der Waals surface area contributed by atoms with Crippen molar-refractivity contribution in [3.8, 4) is 11.4 Å². The van der Waals surface area contributed by atoms with Gasteiger partial charge in [0.1, 0.15) is 29.9 Å². The molecule has 4 N–H and O–H groups in total. The Hall–Kier alpha value is -4.05.